The van der Waals surface area contributed by atoms with Gasteiger partial charge in [-0.3, -0.25) is 24.0 Å². The zero-order valence-corrected chi connectivity index (χ0v) is 46.1. The number of ether oxygens (including phenoxy) is 3. The number of nitrogens with two attached hydrogens (primary N) is 1. The second-order valence-electron chi connectivity index (χ2n) is 19.7. The van der Waals surface area contributed by atoms with Crippen LogP contribution in [0.2, 0.25) is 0 Å². The van der Waals surface area contributed by atoms with E-state index in [0.717, 1.165) is 88.9 Å². The van der Waals surface area contributed by atoms with E-state index in [1.165, 1.54) is 19.2 Å². The zero-order chi connectivity index (χ0) is 54.6. The molecule has 4 amide bonds. The fourth-order valence-corrected chi connectivity index (χ4v) is 8.08. The van der Waals surface area contributed by atoms with Crippen molar-refractivity contribution in [3.8, 4) is 23.0 Å². The van der Waals surface area contributed by atoms with Gasteiger partial charge in [-0.25, -0.2) is 0 Å². The lowest BCUT2D eigenvalue weighted by atomic mass is 9.98. The third kappa shape index (κ3) is 21.6. The van der Waals surface area contributed by atoms with Crippen molar-refractivity contribution >= 4 is 45.6 Å². The van der Waals surface area contributed by atoms with Crippen LogP contribution in [0.3, 0.4) is 0 Å². The SMILES string of the molecule is CCCCC(NC(=O)COc1cc2oc3cc(OCC(=O)NC(CCCN)C(=O)NCCCNCCCN(C)C)c(OC)c(CC=C(C)C)c3c(=O)c2c(O)c1CC=C(C)C)C(=O)NCCCNCCCN(C)C. The number of hydrogen-bond donors (Lipinski definition) is 8. The molecule has 2 atom stereocenters. The zero-order valence-electron chi connectivity index (χ0n) is 46.1. The number of allylic oxidation sites excluding steroid dienone is 4. The number of nitrogens with zero attached hydrogens (tertiary/aromatic N) is 2. The van der Waals surface area contributed by atoms with Gasteiger partial charge < -0.3 is 71.2 Å². The van der Waals surface area contributed by atoms with E-state index in [0.29, 0.717) is 44.5 Å². The molecule has 0 radical (unpaired) electrons. The third-order valence-corrected chi connectivity index (χ3v) is 12.1. The molecule has 0 fully saturated rings. The Bertz CT molecular complexity index is 2370. The van der Waals surface area contributed by atoms with Crippen LogP contribution >= 0.6 is 0 Å². The topological polar surface area (TPSA) is 251 Å². The van der Waals surface area contributed by atoms with Crippen molar-refractivity contribution in [3.05, 3.63) is 56.8 Å². The normalized spacial score (nSPS) is 12.1. The molecule has 3 rings (SSSR count). The van der Waals surface area contributed by atoms with Crippen LogP contribution in [0.5, 0.6) is 23.0 Å². The number of nitrogens with one attached hydrogen (secondary N) is 6. The predicted octanol–water partition coefficient (Wildman–Crippen LogP) is 4.43. The first-order valence-electron chi connectivity index (χ1n) is 26.3. The van der Waals surface area contributed by atoms with E-state index in [1.54, 1.807) is 0 Å². The molecule has 0 saturated carbocycles. The Hall–Kier alpha value is -5.73. The molecule has 0 aliphatic rings. The number of hydrogen-bond acceptors (Lipinski definition) is 15. The molecule has 9 N–H and O–H groups in total. The molecular formula is C55H89N9O10. The van der Waals surface area contributed by atoms with Gasteiger partial charge in [0.25, 0.3) is 11.8 Å². The molecule has 1 aromatic heterocycles. The number of phenolic OH excluding ortho intramolecular Hbond substituents is 1. The first kappa shape index (κ1) is 62.6. The predicted molar refractivity (Wildman–Crippen MR) is 294 cm³/mol. The number of fused-ring (bicyclic) bond motifs is 2. The van der Waals surface area contributed by atoms with Crippen molar-refractivity contribution in [1.29, 1.82) is 0 Å². The molecule has 2 unspecified atom stereocenters. The van der Waals surface area contributed by atoms with Crippen molar-refractivity contribution in [2.75, 3.05) is 107 Å². The molecule has 0 spiro atoms. The van der Waals surface area contributed by atoms with Crippen molar-refractivity contribution in [2.24, 2.45) is 5.73 Å². The summed E-state index contributed by atoms with van der Waals surface area (Å²) in [4.78, 5) is 72.6. The van der Waals surface area contributed by atoms with Crippen LogP contribution in [0.15, 0.2) is 44.6 Å². The minimum absolute atomic E-state index is 0.0281. The van der Waals surface area contributed by atoms with Gasteiger partial charge in [-0.2, -0.15) is 0 Å². The van der Waals surface area contributed by atoms with Gasteiger partial charge in [0, 0.05) is 36.3 Å². The molecule has 0 saturated heterocycles. The smallest absolute Gasteiger partial charge is 0.258 e. The summed E-state index contributed by atoms with van der Waals surface area (Å²) in [5, 5.41) is 30.3. The summed E-state index contributed by atoms with van der Waals surface area (Å²) in [5.74, 6) is -1.69. The summed E-state index contributed by atoms with van der Waals surface area (Å²) in [5.41, 5.74) is 7.86. The van der Waals surface area contributed by atoms with Gasteiger partial charge in [-0.15, -0.1) is 0 Å². The quantitative estimate of drug-likeness (QED) is 0.0226. The second-order valence-corrected chi connectivity index (χ2v) is 19.7. The number of carbonyl (C=O) groups is 4. The summed E-state index contributed by atoms with van der Waals surface area (Å²) < 4.78 is 24.5. The van der Waals surface area contributed by atoms with Crippen molar-refractivity contribution < 1.29 is 42.9 Å². The van der Waals surface area contributed by atoms with E-state index in [9.17, 15) is 29.1 Å². The van der Waals surface area contributed by atoms with Gasteiger partial charge in [0.05, 0.1) is 12.5 Å². The molecule has 0 bridgehead atoms. The Morgan fingerprint density at radius 3 is 1.64 bits per heavy atom. The maximum atomic E-state index is 14.8. The van der Waals surface area contributed by atoms with E-state index in [2.05, 4.69) is 41.7 Å². The Morgan fingerprint density at radius 1 is 0.676 bits per heavy atom. The van der Waals surface area contributed by atoms with Crippen LogP contribution in [-0.2, 0) is 32.0 Å². The average Bonchev–Trinajstić information content (AvgIpc) is 3.34. The van der Waals surface area contributed by atoms with E-state index in [4.69, 9.17) is 24.4 Å². The molecule has 0 aliphatic heterocycles. The Kier molecular flexibility index (Phi) is 28.7. The Balaban J connectivity index is 1.92. The van der Waals surface area contributed by atoms with Crippen LogP contribution in [0.4, 0.5) is 0 Å². The molecular weight excluding hydrogens is 947 g/mol. The monoisotopic (exact) mass is 1040 g/mol. The number of carbonyl (C=O) groups excluding carboxylic acids is 4. The highest BCUT2D eigenvalue weighted by atomic mass is 16.5. The third-order valence-electron chi connectivity index (χ3n) is 12.1. The minimum Gasteiger partial charge on any atom is -0.507 e. The average molecular weight is 1040 g/mol. The number of amides is 4. The van der Waals surface area contributed by atoms with Gasteiger partial charge >= 0.3 is 0 Å². The molecule has 414 valence electrons. The lowest BCUT2D eigenvalue weighted by Gasteiger charge is -2.20. The maximum absolute atomic E-state index is 14.8. The van der Waals surface area contributed by atoms with Gasteiger partial charge in [-0.05, 0) is 159 Å². The lowest BCUT2D eigenvalue weighted by molar-refractivity contribution is -0.130. The molecule has 74 heavy (non-hydrogen) atoms. The fraction of sp³-hybridized carbons (Fsp3) is 0.618. The highest BCUT2D eigenvalue weighted by molar-refractivity contribution is 5.98. The molecule has 19 heteroatoms. The lowest BCUT2D eigenvalue weighted by Crippen LogP contribution is -2.48. The van der Waals surface area contributed by atoms with Crippen molar-refractivity contribution in [1.82, 2.24) is 41.7 Å². The number of methoxy groups -OCH3 is 1. The second kappa shape index (κ2) is 34.0. The molecule has 19 nitrogen and oxygen atoms in total. The van der Waals surface area contributed by atoms with E-state index in [1.807, 2.05) is 75.0 Å². The van der Waals surface area contributed by atoms with E-state index < -0.39 is 42.5 Å². The van der Waals surface area contributed by atoms with E-state index in [-0.39, 0.29) is 75.2 Å². The van der Waals surface area contributed by atoms with Crippen LogP contribution < -0.4 is 57.3 Å². The van der Waals surface area contributed by atoms with Crippen LogP contribution in [0.25, 0.3) is 21.9 Å². The van der Waals surface area contributed by atoms with Gasteiger partial charge in [0.15, 0.2) is 24.7 Å². The summed E-state index contributed by atoms with van der Waals surface area (Å²) >= 11 is 0. The number of aromatic hydroxyl groups is 1. The molecule has 2 aromatic carbocycles. The van der Waals surface area contributed by atoms with Crippen molar-refractivity contribution in [3.63, 3.8) is 0 Å². The van der Waals surface area contributed by atoms with Gasteiger partial charge in [0.1, 0.15) is 40.1 Å². The van der Waals surface area contributed by atoms with Crippen LogP contribution in [0.1, 0.15) is 104 Å². The largest absolute Gasteiger partial charge is 0.507 e. The van der Waals surface area contributed by atoms with Crippen molar-refractivity contribution in [2.45, 2.75) is 117 Å². The van der Waals surface area contributed by atoms with Gasteiger partial charge in [-0.1, -0.05) is 43.1 Å². The number of benzene rings is 2. The summed E-state index contributed by atoms with van der Waals surface area (Å²) in [6.45, 7) is 15.1. The first-order valence-corrected chi connectivity index (χ1v) is 26.3. The summed E-state index contributed by atoms with van der Waals surface area (Å²) in [7, 11) is 9.58. The number of phenols is 1. The summed E-state index contributed by atoms with van der Waals surface area (Å²) in [6.07, 6.45) is 10.5. The number of unbranched alkanes of at least 4 members (excludes halogenated alkanes) is 1. The maximum Gasteiger partial charge on any atom is 0.258 e. The highest BCUT2D eigenvalue weighted by Crippen LogP contribution is 2.41. The first-order chi connectivity index (χ1) is 35.4. The van der Waals surface area contributed by atoms with E-state index >= 15 is 0 Å². The summed E-state index contributed by atoms with van der Waals surface area (Å²) in [6, 6.07) is 1.30. The molecule has 0 aliphatic carbocycles. The Labute approximate surface area is 439 Å². The Morgan fingerprint density at radius 2 is 1.15 bits per heavy atom. The highest BCUT2D eigenvalue weighted by Gasteiger charge is 2.27. The standard InChI is InChI=1S/C55H89N9O10/c1-11-12-18-41(54(69)59-29-14-25-57-27-16-31-63(6)7)61-47(65)35-72-43-33-45-50(51(67)39(43)22-20-37(2)3)52(68)49-40(23-21-38(4)5)53(71-10)46(34-44(49)74-45)73-36-48(66)62-42(19-13-24-56)55(70)60-30-15-26-58-28-17-32-64(8)9/h20-21,33-34,41-42,57-58,67H,11-19,22-32,35-36,56H2,1-10H3,(H,59,69)(H,60,70)(H,61,65)(H,62,66). The van der Waals surface area contributed by atoms with Crippen LogP contribution in [0, 0.1) is 0 Å². The minimum atomic E-state index is -0.844. The number of rotatable bonds is 37. The van der Waals surface area contributed by atoms with Crippen LogP contribution in [-0.4, -0.2) is 158 Å². The fourth-order valence-electron chi connectivity index (χ4n) is 8.08. The molecule has 1 heterocycles. The van der Waals surface area contributed by atoms with Gasteiger partial charge in [0.2, 0.25) is 17.2 Å². The molecule has 3 aromatic rings.